The number of carbonyl (C=O) groups excluding carboxylic acids is 1. The molecule has 0 saturated carbocycles. The molecule has 2 heterocycles. The van der Waals surface area contributed by atoms with E-state index in [1.165, 1.54) is 0 Å². The van der Waals surface area contributed by atoms with Gasteiger partial charge in [0.05, 0.1) is 17.9 Å². The molecular weight excluding hydrogens is 341 g/mol. The van der Waals surface area contributed by atoms with E-state index >= 15 is 0 Å². The lowest BCUT2D eigenvalue weighted by Crippen LogP contribution is -2.29. The standard InChI is InChI=1S/C15H17F3N4OS/c1-4-10(14-21-12(8-24-14)15(16,17)18)20-13(23)11-6-5-9(7-19-11)22(2)3/h5-8,10H,4H2,1-3H3,(H,20,23)/t10-/m0/s1. The number of nitrogens with one attached hydrogen (secondary N) is 1. The maximum atomic E-state index is 12.6. The van der Waals surface area contributed by atoms with Crippen LogP contribution in [0, 0.1) is 0 Å². The number of hydrogen-bond acceptors (Lipinski definition) is 5. The lowest BCUT2D eigenvalue weighted by molar-refractivity contribution is -0.140. The Morgan fingerprint density at radius 1 is 1.38 bits per heavy atom. The van der Waals surface area contributed by atoms with E-state index in [0.29, 0.717) is 6.42 Å². The fourth-order valence-corrected chi connectivity index (χ4v) is 2.89. The number of hydrogen-bond donors (Lipinski definition) is 1. The van der Waals surface area contributed by atoms with Crippen molar-refractivity contribution >= 4 is 22.9 Å². The molecule has 5 nitrogen and oxygen atoms in total. The molecule has 1 atom stereocenters. The molecule has 0 aliphatic carbocycles. The number of nitrogens with zero attached hydrogens (tertiary/aromatic N) is 3. The highest BCUT2D eigenvalue weighted by Crippen LogP contribution is 2.32. The summed E-state index contributed by atoms with van der Waals surface area (Å²) < 4.78 is 37.9. The highest BCUT2D eigenvalue weighted by molar-refractivity contribution is 7.09. The lowest BCUT2D eigenvalue weighted by Gasteiger charge is -2.15. The normalized spacial score (nSPS) is 12.8. The van der Waals surface area contributed by atoms with Gasteiger partial charge in [0, 0.05) is 19.5 Å². The fourth-order valence-electron chi connectivity index (χ4n) is 1.93. The summed E-state index contributed by atoms with van der Waals surface area (Å²) in [6.07, 6.45) is -2.51. The number of aromatic nitrogens is 2. The van der Waals surface area contributed by atoms with Gasteiger partial charge in [0.15, 0.2) is 5.69 Å². The first-order valence-electron chi connectivity index (χ1n) is 7.19. The second kappa shape index (κ2) is 7.16. The number of amides is 1. The molecule has 2 rings (SSSR count). The maximum absolute atomic E-state index is 12.6. The van der Waals surface area contributed by atoms with Crippen LogP contribution in [0.1, 0.15) is 40.6 Å². The number of pyridine rings is 1. The Bertz CT molecular complexity index is 697. The van der Waals surface area contributed by atoms with Crippen molar-refractivity contribution in [3.8, 4) is 0 Å². The number of halogens is 3. The van der Waals surface area contributed by atoms with Crippen LogP contribution in [0.15, 0.2) is 23.7 Å². The Hall–Kier alpha value is -2.16. The topological polar surface area (TPSA) is 58.1 Å². The first kappa shape index (κ1) is 18.2. The predicted molar refractivity (Wildman–Crippen MR) is 86.2 cm³/mol. The van der Waals surface area contributed by atoms with Gasteiger partial charge in [-0.15, -0.1) is 11.3 Å². The molecule has 0 radical (unpaired) electrons. The van der Waals surface area contributed by atoms with Gasteiger partial charge in [0.1, 0.15) is 10.7 Å². The monoisotopic (exact) mass is 358 g/mol. The van der Waals surface area contributed by atoms with Crippen molar-refractivity contribution in [2.45, 2.75) is 25.6 Å². The molecular formula is C15H17F3N4OS. The Balaban J connectivity index is 2.12. The summed E-state index contributed by atoms with van der Waals surface area (Å²) in [7, 11) is 3.70. The average molecular weight is 358 g/mol. The molecule has 0 fully saturated rings. The summed E-state index contributed by atoms with van der Waals surface area (Å²) in [6, 6.07) is 2.72. The smallest absolute Gasteiger partial charge is 0.376 e. The van der Waals surface area contributed by atoms with E-state index in [2.05, 4.69) is 15.3 Å². The molecule has 1 N–H and O–H groups in total. The van der Waals surface area contributed by atoms with Crippen molar-refractivity contribution in [2.24, 2.45) is 0 Å². The number of rotatable bonds is 5. The second-order valence-corrected chi connectivity index (χ2v) is 6.19. The number of carbonyl (C=O) groups is 1. The Labute approximate surface area is 141 Å². The van der Waals surface area contributed by atoms with E-state index in [1.54, 1.807) is 25.3 Å². The summed E-state index contributed by atoms with van der Waals surface area (Å²) in [5, 5.41) is 3.86. The van der Waals surface area contributed by atoms with Gasteiger partial charge in [-0.3, -0.25) is 4.79 Å². The fraction of sp³-hybridized carbons (Fsp3) is 0.400. The van der Waals surface area contributed by atoms with E-state index in [-0.39, 0.29) is 10.7 Å². The SMILES string of the molecule is CC[C@H](NC(=O)c1ccc(N(C)C)cn1)c1nc(C(F)(F)F)cs1. The van der Waals surface area contributed by atoms with Gasteiger partial charge in [-0.2, -0.15) is 13.2 Å². The predicted octanol–water partition coefficient (Wildman–Crippen LogP) is 3.50. The summed E-state index contributed by atoms with van der Waals surface area (Å²) in [6.45, 7) is 1.77. The quantitative estimate of drug-likeness (QED) is 0.889. The Kier molecular flexibility index (Phi) is 5.43. The van der Waals surface area contributed by atoms with E-state index in [9.17, 15) is 18.0 Å². The van der Waals surface area contributed by atoms with Crippen molar-refractivity contribution in [2.75, 3.05) is 19.0 Å². The minimum absolute atomic E-state index is 0.201. The summed E-state index contributed by atoms with van der Waals surface area (Å²) in [5.41, 5.74) is 0.101. The molecule has 0 unspecified atom stereocenters. The lowest BCUT2D eigenvalue weighted by atomic mass is 10.2. The van der Waals surface area contributed by atoms with Crippen molar-refractivity contribution in [3.63, 3.8) is 0 Å². The van der Waals surface area contributed by atoms with Gasteiger partial charge in [-0.05, 0) is 18.6 Å². The zero-order valence-corrected chi connectivity index (χ0v) is 14.2. The van der Waals surface area contributed by atoms with E-state index < -0.39 is 23.8 Å². The first-order chi connectivity index (χ1) is 11.2. The van der Waals surface area contributed by atoms with Crippen LogP contribution in [0.2, 0.25) is 0 Å². The minimum atomic E-state index is -4.49. The van der Waals surface area contributed by atoms with Gasteiger partial charge < -0.3 is 10.2 Å². The largest absolute Gasteiger partial charge is 0.434 e. The molecule has 2 aromatic heterocycles. The van der Waals surface area contributed by atoms with Crippen LogP contribution in [-0.4, -0.2) is 30.0 Å². The van der Waals surface area contributed by atoms with Gasteiger partial charge in [0.2, 0.25) is 0 Å². The van der Waals surface area contributed by atoms with E-state index in [1.807, 2.05) is 19.0 Å². The van der Waals surface area contributed by atoms with Gasteiger partial charge in [0.25, 0.3) is 5.91 Å². The highest BCUT2D eigenvalue weighted by atomic mass is 32.1. The molecule has 9 heteroatoms. The molecule has 0 bridgehead atoms. The maximum Gasteiger partial charge on any atom is 0.434 e. The third-order valence-electron chi connectivity index (χ3n) is 3.32. The van der Waals surface area contributed by atoms with E-state index in [0.717, 1.165) is 22.4 Å². The zero-order chi connectivity index (χ0) is 17.9. The Morgan fingerprint density at radius 2 is 2.08 bits per heavy atom. The van der Waals surface area contributed by atoms with Gasteiger partial charge in [-0.1, -0.05) is 6.92 Å². The molecule has 0 saturated heterocycles. The van der Waals surface area contributed by atoms with Crippen LogP contribution in [0.4, 0.5) is 18.9 Å². The molecule has 0 aromatic carbocycles. The minimum Gasteiger partial charge on any atom is -0.376 e. The molecule has 0 spiro atoms. The highest BCUT2D eigenvalue weighted by Gasteiger charge is 2.34. The van der Waals surface area contributed by atoms with Crippen LogP contribution < -0.4 is 10.2 Å². The van der Waals surface area contributed by atoms with Gasteiger partial charge >= 0.3 is 6.18 Å². The molecule has 24 heavy (non-hydrogen) atoms. The third-order valence-corrected chi connectivity index (χ3v) is 4.28. The van der Waals surface area contributed by atoms with Crippen LogP contribution >= 0.6 is 11.3 Å². The zero-order valence-electron chi connectivity index (χ0n) is 13.4. The van der Waals surface area contributed by atoms with Crippen LogP contribution in [-0.2, 0) is 6.18 Å². The molecule has 2 aromatic rings. The summed E-state index contributed by atoms with van der Waals surface area (Å²) >= 11 is 0.880. The van der Waals surface area contributed by atoms with Gasteiger partial charge in [-0.25, -0.2) is 9.97 Å². The molecule has 0 aliphatic heterocycles. The van der Waals surface area contributed by atoms with E-state index in [4.69, 9.17) is 0 Å². The molecule has 130 valence electrons. The van der Waals surface area contributed by atoms with Crippen LogP contribution in [0.5, 0.6) is 0 Å². The van der Waals surface area contributed by atoms with Crippen molar-refractivity contribution in [1.29, 1.82) is 0 Å². The average Bonchev–Trinajstić information content (AvgIpc) is 3.02. The molecule has 1 amide bonds. The number of anilines is 1. The summed E-state index contributed by atoms with van der Waals surface area (Å²) in [5.74, 6) is -0.448. The first-order valence-corrected chi connectivity index (χ1v) is 8.07. The second-order valence-electron chi connectivity index (χ2n) is 5.30. The molecule has 0 aliphatic rings. The van der Waals surface area contributed by atoms with Crippen LogP contribution in [0.25, 0.3) is 0 Å². The van der Waals surface area contributed by atoms with Crippen molar-refractivity contribution < 1.29 is 18.0 Å². The van der Waals surface area contributed by atoms with Crippen molar-refractivity contribution in [1.82, 2.24) is 15.3 Å². The number of alkyl halides is 3. The Morgan fingerprint density at radius 3 is 2.54 bits per heavy atom. The van der Waals surface area contributed by atoms with Crippen molar-refractivity contribution in [3.05, 3.63) is 40.1 Å². The number of thiazole rings is 1. The van der Waals surface area contributed by atoms with Crippen LogP contribution in [0.3, 0.4) is 0 Å². The third kappa shape index (κ3) is 4.22. The summed E-state index contributed by atoms with van der Waals surface area (Å²) in [4.78, 5) is 21.7.